The molecular weight excluding hydrogens is 382 g/mol. The summed E-state index contributed by atoms with van der Waals surface area (Å²) in [7, 11) is 0.325. The Balaban J connectivity index is 1.89. The van der Waals surface area contributed by atoms with Crippen molar-refractivity contribution in [3.8, 4) is 0 Å². The van der Waals surface area contributed by atoms with Gasteiger partial charge in [0.05, 0.1) is 15.7 Å². The van der Waals surface area contributed by atoms with Gasteiger partial charge in [-0.1, -0.05) is 0 Å². The lowest BCUT2D eigenvalue weighted by molar-refractivity contribution is 0.0699. The number of fused-ring (bicyclic) bond motifs is 3. The number of nitrogens with zero attached hydrogens (tertiary/aromatic N) is 1. The Hall–Kier alpha value is -2.65. The fourth-order valence-electron chi connectivity index (χ4n) is 4.11. The first-order chi connectivity index (χ1) is 13.2. The van der Waals surface area contributed by atoms with Crippen molar-refractivity contribution in [2.24, 2.45) is 0 Å². The highest BCUT2D eigenvalue weighted by atomic mass is 32.2. The molecule has 2 heterocycles. The van der Waals surface area contributed by atoms with E-state index >= 15 is 0 Å². The molecule has 0 aliphatic heterocycles. The molecule has 0 radical (unpaired) electrons. The van der Waals surface area contributed by atoms with Crippen LogP contribution in [0.5, 0.6) is 0 Å². The van der Waals surface area contributed by atoms with Crippen LogP contribution in [0.2, 0.25) is 0 Å². The van der Waals surface area contributed by atoms with Crippen molar-refractivity contribution in [2.75, 3.05) is 14.1 Å². The van der Waals surface area contributed by atoms with Gasteiger partial charge in [0.15, 0.2) is 9.84 Å². The highest BCUT2D eigenvalue weighted by molar-refractivity contribution is 7.92. The second kappa shape index (κ2) is 6.46. The van der Waals surface area contributed by atoms with Crippen molar-refractivity contribution in [3.63, 3.8) is 0 Å². The van der Waals surface area contributed by atoms with E-state index in [1.807, 2.05) is 19.0 Å². The van der Waals surface area contributed by atoms with Gasteiger partial charge in [-0.05, 0) is 51.6 Å². The normalized spacial score (nSPS) is 20.4. The SMILES string of the molecule is CN(C)C1CC[C@H](S(=O)(=O)c2ccc3[nH]c(=O)c4[nH]cc(C(=O)O)c4c3c2)C1. The van der Waals surface area contributed by atoms with E-state index in [2.05, 4.69) is 9.97 Å². The average Bonchev–Trinajstić information content (AvgIpc) is 3.29. The fraction of sp³-hybridized carbons (Fsp3) is 0.368. The summed E-state index contributed by atoms with van der Waals surface area (Å²) in [6.07, 6.45) is 3.23. The molecule has 1 aliphatic rings. The summed E-state index contributed by atoms with van der Waals surface area (Å²) in [4.78, 5) is 31.3. The maximum atomic E-state index is 13.2. The summed E-state index contributed by atoms with van der Waals surface area (Å²) in [5.41, 5.74) is 0.00790. The number of benzene rings is 1. The predicted octanol–water partition coefficient (Wildman–Crippen LogP) is 1.96. The Bertz CT molecular complexity index is 1260. The Morgan fingerprint density at radius 1 is 1.25 bits per heavy atom. The highest BCUT2D eigenvalue weighted by Crippen LogP contribution is 2.34. The van der Waals surface area contributed by atoms with Gasteiger partial charge < -0.3 is 20.0 Å². The van der Waals surface area contributed by atoms with Crippen LogP contribution in [-0.2, 0) is 9.84 Å². The average molecular weight is 403 g/mol. The lowest BCUT2D eigenvalue weighted by Gasteiger charge is -2.19. The molecular formula is C19H21N3O5S. The maximum Gasteiger partial charge on any atom is 0.337 e. The summed E-state index contributed by atoms with van der Waals surface area (Å²) >= 11 is 0. The quantitative estimate of drug-likeness (QED) is 0.612. The van der Waals surface area contributed by atoms with Crippen LogP contribution in [-0.4, -0.2) is 59.7 Å². The van der Waals surface area contributed by atoms with E-state index in [0.717, 1.165) is 6.42 Å². The molecule has 2 aromatic heterocycles. The molecule has 1 saturated carbocycles. The Kier molecular flexibility index (Phi) is 4.31. The number of nitrogens with one attached hydrogen (secondary N) is 2. The van der Waals surface area contributed by atoms with Gasteiger partial charge in [-0.3, -0.25) is 4.79 Å². The standard InChI is InChI=1S/C19H21N3O5S/c1-22(2)10-3-4-11(7-10)28(26,27)12-5-6-15-13(8-12)16-14(19(24)25)9-20-17(16)18(23)21-15/h5-6,8-11,20H,3-4,7H2,1-2H3,(H,21,23)(H,24,25)/t10?,11-/m0/s1. The third kappa shape index (κ3) is 2.82. The number of sulfone groups is 1. The minimum Gasteiger partial charge on any atom is -0.478 e. The van der Waals surface area contributed by atoms with Gasteiger partial charge in [-0.25, -0.2) is 13.2 Å². The van der Waals surface area contributed by atoms with E-state index in [1.54, 1.807) is 0 Å². The predicted molar refractivity (Wildman–Crippen MR) is 106 cm³/mol. The van der Waals surface area contributed by atoms with Gasteiger partial charge in [0.2, 0.25) is 0 Å². The molecule has 1 unspecified atom stereocenters. The fourth-order valence-corrected chi connectivity index (χ4v) is 5.96. The van der Waals surface area contributed by atoms with Crippen molar-refractivity contribution in [2.45, 2.75) is 35.4 Å². The van der Waals surface area contributed by atoms with Crippen LogP contribution in [0.15, 0.2) is 34.1 Å². The van der Waals surface area contributed by atoms with Crippen LogP contribution in [0, 0.1) is 0 Å². The van der Waals surface area contributed by atoms with Gasteiger partial charge in [-0.2, -0.15) is 0 Å². The first kappa shape index (κ1) is 18.7. The van der Waals surface area contributed by atoms with E-state index in [0.29, 0.717) is 23.7 Å². The van der Waals surface area contributed by atoms with Crippen molar-refractivity contribution < 1.29 is 18.3 Å². The second-order valence-corrected chi connectivity index (χ2v) is 9.74. The minimum atomic E-state index is -3.57. The van der Waals surface area contributed by atoms with E-state index in [4.69, 9.17) is 0 Å². The first-order valence-corrected chi connectivity index (χ1v) is 10.6. The van der Waals surface area contributed by atoms with Crippen LogP contribution in [0.25, 0.3) is 21.8 Å². The van der Waals surface area contributed by atoms with Gasteiger partial charge in [-0.15, -0.1) is 0 Å². The third-order valence-electron chi connectivity index (χ3n) is 5.70. The monoisotopic (exact) mass is 403 g/mol. The van der Waals surface area contributed by atoms with Crippen molar-refractivity contribution in [3.05, 3.63) is 40.3 Å². The number of hydrogen-bond donors (Lipinski definition) is 3. The molecule has 3 aromatic rings. The number of hydrogen-bond acceptors (Lipinski definition) is 5. The molecule has 148 valence electrons. The van der Waals surface area contributed by atoms with E-state index in [1.165, 1.54) is 24.4 Å². The van der Waals surface area contributed by atoms with Gasteiger partial charge >= 0.3 is 5.97 Å². The molecule has 0 bridgehead atoms. The summed E-state index contributed by atoms with van der Waals surface area (Å²) < 4.78 is 26.4. The lowest BCUT2D eigenvalue weighted by atomic mass is 10.1. The molecule has 1 aromatic carbocycles. The van der Waals surface area contributed by atoms with Gasteiger partial charge in [0.25, 0.3) is 5.56 Å². The molecule has 2 atom stereocenters. The van der Waals surface area contributed by atoms with Crippen LogP contribution in [0.4, 0.5) is 0 Å². The minimum absolute atomic E-state index is 0.0609. The Morgan fingerprint density at radius 2 is 2.00 bits per heavy atom. The van der Waals surface area contributed by atoms with E-state index in [-0.39, 0.29) is 27.4 Å². The molecule has 0 amide bonds. The molecule has 0 spiro atoms. The summed E-state index contributed by atoms with van der Waals surface area (Å²) in [5.74, 6) is -1.18. The topological polar surface area (TPSA) is 123 Å². The van der Waals surface area contributed by atoms with Crippen LogP contribution in [0.1, 0.15) is 29.6 Å². The van der Waals surface area contributed by atoms with Crippen molar-refractivity contribution in [1.82, 2.24) is 14.9 Å². The molecule has 0 saturated heterocycles. The molecule has 9 heteroatoms. The van der Waals surface area contributed by atoms with Crippen LogP contribution < -0.4 is 5.56 Å². The molecule has 1 aliphatic carbocycles. The number of carboxylic acid groups (broad SMARTS) is 1. The van der Waals surface area contributed by atoms with Crippen molar-refractivity contribution >= 4 is 37.6 Å². The smallest absolute Gasteiger partial charge is 0.337 e. The number of aromatic nitrogens is 2. The van der Waals surface area contributed by atoms with Gasteiger partial charge in [0.1, 0.15) is 5.52 Å². The third-order valence-corrected chi connectivity index (χ3v) is 7.92. The lowest BCUT2D eigenvalue weighted by Crippen LogP contribution is -2.27. The highest BCUT2D eigenvalue weighted by Gasteiger charge is 2.36. The maximum absolute atomic E-state index is 13.2. The Labute approximate surface area is 161 Å². The summed E-state index contributed by atoms with van der Waals surface area (Å²) in [6, 6.07) is 4.72. The number of rotatable bonds is 4. The number of aromatic amines is 2. The summed E-state index contributed by atoms with van der Waals surface area (Å²) in [6.45, 7) is 0. The number of pyridine rings is 1. The van der Waals surface area contributed by atoms with E-state index in [9.17, 15) is 23.1 Å². The zero-order chi connectivity index (χ0) is 20.2. The number of carboxylic acids is 1. The molecule has 4 rings (SSSR count). The van der Waals surface area contributed by atoms with E-state index < -0.39 is 26.6 Å². The summed E-state index contributed by atoms with van der Waals surface area (Å²) in [5, 5.41) is 9.60. The molecule has 8 nitrogen and oxygen atoms in total. The number of aromatic carboxylic acids is 1. The van der Waals surface area contributed by atoms with Crippen LogP contribution >= 0.6 is 0 Å². The van der Waals surface area contributed by atoms with Crippen LogP contribution in [0.3, 0.4) is 0 Å². The van der Waals surface area contributed by atoms with Gasteiger partial charge in [0, 0.05) is 28.5 Å². The number of carbonyl (C=O) groups is 1. The Morgan fingerprint density at radius 3 is 2.64 bits per heavy atom. The second-order valence-electron chi connectivity index (χ2n) is 7.52. The zero-order valence-electron chi connectivity index (χ0n) is 15.5. The first-order valence-electron chi connectivity index (χ1n) is 9.01. The molecule has 1 fully saturated rings. The zero-order valence-corrected chi connectivity index (χ0v) is 16.3. The molecule has 3 N–H and O–H groups in total. The van der Waals surface area contributed by atoms with Crippen molar-refractivity contribution in [1.29, 1.82) is 0 Å². The molecule has 28 heavy (non-hydrogen) atoms. The largest absolute Gasteiger partial charge is 0.478 e. The number of H-pyrrole nitrogens is 2.